The second-order valence-corrected chi connectivity index (χ2v) is 7.36. The van der Waals surface area contributed by atoms with Gasteiger partial charge >= 0.3 is 0 Å². The predicted octanol–water partition coefficient (Wildman–Crippen LogP) is 2.81. The van der Waals surface area contributed by atoms with Gasteiger partial charge in [0.1, 0.15) is 30.3 Å². The molecular formula is C22H29NO4. The summed E-state index contributed by atoms with van der Waals surface area (Å²) in [5, 5.41) is 19.2. The highest BCUT2D eigenvalue weighted by Crippen LogP contribution is 2.23. The summed E-state index contributed by atoms with van der Waals surface area (Å²) in [7, 11) is 0. The van der Waals surface area contributed by atoms with Crippen molar-refractivity contribution in [2.24, 2.45) is 0 Å². The van der Waals surface area contributed by atoms with Gasteiger partial charge < -0.3 is 19.7 Å². The van der Waals surface area contributed by atoms with Crippen LogP contribution in [-0.4, -0.2) is 53.6 Å². The first-order chi connectivity index (χ1) is 13.0. The summed E-state index contributed by atoms with van der Waals surface area (Å²) in [4.78, 5) is 2.20. The van der Waals surface area contributed by atoms with E-state index in [2.05, 4.69) is 30.9 Å². The monoisotopic (exact) mass is 371 g/mol. The van der Waals surface area contributed by atoms with Crippen molar-refractivity contribution < 1.29 is 19.7 Å². The normalized spacial score (nSPS) is 20.2. The maximum Gasteiger partial charge on any atom is 0.138 e. The second-order valence-electron chi connectivity index (χ2n) is 7.36. The van der Waals surface area contributed by atoms with Crippen LogP contribution >= 0.6 is 0 Å². The smallest absolute Gasteiger partial charge is 0.138 e. The first kappa shape index (κ1) is 19.7. The Balaban J connectivity index is 1.53. The molecule has 1 aliphatic heterocycles. The minimum atomic E-state index is -0.498. The number of benzene rings is 2. The number of nitrogens with zero attached hydrogens (tertiary/aromatic N) is 1. The molecule has 27 heavy (non-hydrogen) atoms. The van der Waals surface area contributed by atoms with Gasteiger partial charge in [0.2, 0.25) is 0 Å². The Morgan fingerprint density at radius 3 is 2.30 bits per heavy atom. The Labute approximate surface area is 161 Å². The minimum absolute atomic E-state index is 0.00893. The summed E-state index contributed by atoms with van der Waals surface area (Å²) in [5.74, 6) is 2.04. The van der Waals surface area contributed by atoms with E-state index in [-0.39, 0.29) is 12.7 Å². The molecule has 2 aromatic rings. The zero-order valence-corrected chi connectivity index (χ0v) is 16.0. The van der Waals surface area contributed by atoms with E-state index in [1.165, 1.54) is 5.56 Å². The lowest BCUT2D eigenvalue weighted by Crippen LogP contribution is -2.29. The van der Waals surface area contributed by atoms with Crippen LogP contribution in [0.4, 0.5) is 0 Å². The van der Waals surface area contributed by atoms with Crippen molar-refractivity contribution in [2.45, 2.75) is 38.5 Å². The standard InChI is InChI=1S/C22H29NO4/c1-16(2)18-5-9-20(10-6-18)27-22-15-23(14-21(22)25)13-17-3-7-19(8-4-17)26-12-11-24/h3-10,16,21-22,24-25H,11-15H2,1-2H3/t21-,22-/m0/s1. The van der Waals surface area contributed by atoms with Crippen LogP contribution in [0.1, 0.15) is 30.9 Å². The molecule has 2 atom stereocenters. The Morgan fingerprint density at radius 2 is 1.67 bits per heavy atom. The molecule has 3 rings (SSSR count). The summed E-state index contributed by atoms with van der Waals surface area (Å²) in [6.07, 6.45) is -0.719. The molecule has 2 N–H and O–H groups in total. The van der Waals surface area contributed by atoms with Crippen LogP contribution in [-0.2, 0) is 6.54 Å². The Morgan fingerprint density at radius 1 is 1.00 bits per heavy atom. The van der Waals surface area contributed by atoms with E-state index in [0.717, 1.165) is 23.6 Å². The molecule has 0 aromatic heterocycles. The Bertz CT molecular complexity index is 699. The van der Waals surface area contributed by atoms with Gasteiger partial charge in [-0.3, -0.25) is 4.90 Å². The van der Waals surface area contributed by atoms with Gasteiger partial charge in [0.15, 0.2) is 0 Å². The molecule has 0 radical (unpaired) electrons. The fraction of sp³-hybridized carbons (Fsp3) is 0.455. The number of aliphatic hydroxyl groups is 2. The molecule has 0 bridgehead atoms. The van der Waals surface area contributed by atoms with E-state index in [1.54, 1.807) is 0 Å². The van der Waals surface area contributed by atoms with E-state index in [9.17, 15) is 5.11 Å². The topological polar surface area (TPSA) is 62.2 Å². The molecular weight excluding hydrogens is 342 g/mol. The van der Waals surface area contributed by atoms with Gasteiger partial charge in [0.05, 0.1) is 6.61 Å². The third kappa shape index (κ3) is 5.45. The van der Waals surface area contributed by atoms with E-state index < -0.39 is 6.10 Å². The molecule has 1 aliphatic rings. The fourth-order valence-corrected chi connectivity index (χ4v) is 3.30. The van der Waals surface area contributed by atoms with Crippen molar-refractivity contribution in [1.29, 1.82) is 0 Å². The van der Waals surface area contributed by atoms with Gasteiger partial charge in [-0.1, -0.05) is 38.1 Å². The van der Waals surface area contributed by atoms with Crippen LogP contribution in [0, 0.1) is 0 Å². The largest absolute Gasteiger partial charge is 0.491 e. The number of likely N-dealkylation sites (tertiary alicyclic amines) is 1. The molecule has 5 heteroatoms. The number of β-amino-alcohol motifs (C(OH)–C–C–N with tert-alkyl or cyclic N) is 1. The average molecular weight is 371 g/mol. The summed E-state index contributed by atoms with van der Waals surface area (Å²) in [6, 6.07) is 16.0. The quantitative estimate of drug-likeness (QED) is 0.747. The van der Waals surface area contributed by atoms with Crippen molar-refractivity contribution in [3.05, 3.63) is 59.7 Å². The molecule has 1 saturated heterocycles. The summed E-state index contributed by atoms with van der Waals surface area (Å²) >= 11 is 0. The van der Waals surface area contributed by atoms with Gasteiger partial charge in [-0.25, -0.2) is 0 Å². The van der Waals surface area contributed by atoms with E-state index in [4.69, 9.17) is 14.6 Å². The molecule has 0 saturated carbocycles. The van der Waals surface area contributed by atoms with Crippen molar-refractivity contribution in [3.8, 4) is 11.5 Å². The van der Waals surface area contributed by atoms with Gasteiger partial charge in [0, 0.05) is 19.6 Å². The van der Waals surface area contributed by atoms with Crippen LogP contribution in [0.15, 0.2) is 48.5 Å². The van der Waals surface area contributed by atoms with Crippen LogP contribution in [0.3, 0.4) is 0 Å². The van der Waals surface area contributed by atoms with Crippen molar-refractivity contribution in [1.82, 2.24) is 4.90 Å². The molecule has 0 unspecified atom stereocenters. The van der Waals surface area contributed by atoms with Crippen molar-refractivity contribution in [3.63, 3.8) is 0 Å². The molecule has 0 spiro atoms. The SMILES string of the molecule is CC(C)c1ccc(O[C@H]2CN(Cc3ccc(OCCO)cc3)C[C@@H]2O)cc1. The first-order valence-corrected chi connectivity index (χ1v) is 9.55. The number of hydrogen-bond donors (Lipinski definition) is 2. The van der Waals surface area contributed by atoms with Crippen LogP contribution < -0.4 is 9.47 Å². The Hall–Kier alpha value is -2.08. The summed E-state index contributed by atoms with van der Waals surface area (Å²) < 4.78 is 11.4. The summed E-state index contributed by atoms with van der Waals surface area (Å²) in [5.41, 5.74) is 2.43. The van der Waals surface area contributed by atoms with Crippen molar-refractivity contribution in [2.75, 3.05) is 26.3 Å². The molecule has 1 fully saturated rings. The molecule has 2 aromatic carbocycles. The maximum absolute atomic E-state index is 10.4. The lowest BCUT2D eigenvalue weighted by Gasteiger charge is -2.18. The van der Waals surface area contributed by atoms with Gasteiger partial charge in [-0.15, -0.1) is 0 Å². The van der Waals surface area contributed by atoms with Crippen LogP contribution in [0.5, 0.6) is 11.5 Å². The lowest BCUT2D eigenvalue weighted by atomic mass is 10.0. The molecule has 146 valence electrons. The maximum atomic E-state index is 10.4. The van der Waals surface area contributed by atoms with Crippen LogP contribution in [0.2, 0.25) is 0 Å². The highest BCUT2D eigenvalue weighted by Gasteiger charge is 2.32. The third-order valence-electron chi connectivity index (χ3n) is 4.84. The van der Waals surface area contributed by atoms with E-state index in [1.807, 2.05) is 36.4 Å². The highest BCUT2D eigenvalue weighted by atomic mass is 16.5. The fourth-order valence-electron chi connectivity index (χ4n) is 3.30. The molecule has 0 amide bonds. The zero-order valence-electron chi connectivity index (χ0n) is 16.0. The van der Waals surface area contributed by atoms with Gasteiger partial charge in [-0.2, -0.15) is 0 Å². The third-order valence-corrected chi connectivity index (χ3v) is 4.84. The number of rotatable bonds is 8. The first-order valence-electron chi connectivity index (χ1n) is 9.55. The Kier molecular flexibility index (Phi) is 6.72. The van der Waals surface area contributed by atoms with E-state index >= 15 is 0 Å². The minimum Gasteiger partial charge on any atom is -0.491 e. The molecule has 0 aliphatic carbocycles. The lowest BCUT2D eigenvalue weighted by molar-refractivity contribution is 0.0736. The number of aliphatic hydroxyl groups excluding tert-OH is 2. The average Bonchev–Trinajstić information content (AvgIpc) is 3.00. The van der Waals surface area contributed by atoms with Gasteiger partial charge in [-0.05, 0) is 41.3 Å². The highest BCUT2D eigenvalue weighted by molar-refractivity contribution is 5.29. The van der Waals surface area contributed by atoms with Crippen molar-refractivity contribution >= 4 is 0 Å². The second kappa shape index (κ2) is 9.22. The number of ether oxygens (including phenoxy) is 2. The molecule has 5 nitrogen and oxygen atoms in total. The van der Waals surface area contributed by atoms with Gasteiger partial charge in [0.25, 0.3) is 0 Å². The zero-order chi connectivity index (χ0) is 19.2. The molecule has 1 heterocycles. The van der Waals surface area contributed by atoms with Crippen LogP contribution in [0.25, 0.3) is 0 Å². The number of hydrogen-bond acceptors (Lipinski definition) is 5. The summed E-state index contributed by atoms with van der Waals surface area (Å²) in [6.45, 7) is 6.68. The van der Waals surface area contributed by atoms with E-state index in [0.29, 0.717) is 25.6 Å². The predicted molar refractivity (Wildman–Crippen MR) is 105 cm³/mol.